The summed E-state index contributed by atoms with van der Waals surface area (Å²) in [7, 11) is 0. The Hall–Kier alpha value is -2.03. The summed E-state index contributed by atoms with van der Waals surface area (Å²) in [5, 5.41) is 2.99. The number of furan rings is 1. The molecule has 3 nitrogen and oxygen atoms in total. The van der Waals surface area contributed by atoms with E-state index in [0.717, 1.165) is 24.0 Å². The van der Waals surface area contributed by atoms with Gasteiger partial charge < -0.3 is 9.73 Å². The summed E-state index contributed by atoms with van der Waals surface area (Å²) in [6, 6.07) is 11.8. The Bertz CT molecular complexity index is 491. The summed E-state index contributed by atoms with van der Waals surface area (Å²) in [5.41, 5.74) is 2.18. The highest BCUT2D eigenvalue weighted by Gasteiger charge is 2.17. The van der Waals surface area contributed by atoms with E-state index in [-0.39, 0.29) is 11.8 Å². The van der Waals surface area contributed by atoms with Crippen molar-refractivity contribution < 1.29 is 9.21 Å². The van der Waals surface area contributed by atoms with Gasteiger partial charge >= 0.3 is 0 Å². The minimum Gasteiger partial charge on any atom is -0.472 e. The molecule has 1 aromatic carbocycles. The van der Waals surface area contributed by atoms with Gasteiger partial charge in [-0.05, 0) is 30.0 Å². The van der Waals surface area contributed by atoms with Crippen LogP contribution in [-0.4, -0.2) is 12.5 Å². The van der Waals surface area contributed by atoms with Crippen molar-refractivity contribution in [2.75, 3.05) is 6.54 Å². The molecule has 0 aliphatic rings. The van der Waals surface area contributed by atoms with Crippen molar-refractivity contribution in [2.45, 2.75) is 25.7 Å². The number of carbonyl (C=O) groups excluding carboxylic acids is 1. The summed E-state index contributed by atoms with van der Waals surface area (Å²) in [5.74, 6) is 0.0303. The van der Waals surface area contributed by atoms with Crippen LogP contribution in [0.25, 0.3) is 0 Å². The third-order valence-electron chi connectivity index (χ3n) is 3.22. The highest BCUT2D eigenvalue weighted by molar-refractivity contribution is 5.83. The molecule has 0 radical (unpaired) electrons. The molecule has 0 aliphatic heterocycles. The van der Waals surface area contributed by atoms with Gasteiger partial charge in [0.15, 0.2) is 0 Å². The SMILES string of the molecule is CC[C@@H](C(=O)NCCc1ccoc1)c1ccccc1. The molecule has 0 fully saturated rings. The molecule has 1 heterocycles. The molecule has 2 aromatic rings. The molecule has 2 rings (SSSR count). The van der Waals surface area contributed by atoms with Crippen LogP contribution in [0.1, 0.15) is 30.4 Å². The molecule has 100 valence electrons. The van der Waals surface area contributed by atoms with Crippen LogP contribution < -0.4 is 5.32 Å². The fraction of sp³-hybridized carbons (Fsp3) is 0.312. The van der Waals surface area contributed by atoms with Gasteiger partial charge in [-0.3, -0.25) is 4.79 Å². The zero-order valence-electron chi connectivity index (χ0n) is 11.1. The van der Waals surface area contributed by atoms with Crippen molar-refractivity contribution in [1.82, 2.24) is 5.32 Å². The largest absolute Gasteiger partial charge is 0.472 e. The second-order valence-corrected chi connectivity index (χ2v) is 4.54. The standard InChI is InChI=1S/C16H19NO2/c1-2-15(14-6-4-3-5-7-14)16(18)17-10-8-13-9-11-19-12-13/h3-7,9,11-12,15H,2,8,10H2,1H3,(H,17,18)/t15-/m1/s1. The van der Waals surface area contributed by atoms with E-state index in [1.807, 2.05) is 43.3 Å². The van der Waals surface area contributed by atoms with Crippen molar-refractivity contribution in [2.24, 2.45) is 0 Å². The Morgan fingerprint density at radius 3 is 2.68 bits per heavy atom. The van der Waals surface area contributed by atoms with Gasteiger partial charge in [0.2, 0.25) is 5.91 Å². The molecule has 0 saturated carbocycles. The highest BCUT2D eigenvalue weighted by atomic mass is 16.3. The van der Waals surface area contributed by atoms with Gasteiger partial charge in [0, 0.05) is 6.54 Å². The molecule has 3 heteroatoms. The first-order chi connectivity index (χ1) is 9.31. The van der Waals surface area contributed by atoms with E-state index in [1.54, 1.807) is 12.5 Å². The van der Waals surface area contributed by atoms with Gasteiger partial charge in [0.25, 0.3) is 0 Å². The molecule has 1 amide bonds. The normalized spacial score (nSPS) is 12.1. The minimum atomic E-state index is -0.0643. The lowest BCUT2D eigenvalue weighted by atomic mass is 9.95. The van der Waals surface area contributed by atoms with Gasteiger partial charge in [-0.25, -0.2) is 0 Å². The molecule has 0 unspecified atom stereocenters. The number of hydrogen-bond acceptors (Lipinski definition) is 2. The summed E-state index contributed by atoms with van der Waals surface area (Å²) in [6.45, 7) is 2.68. The fourth-order valence-corrected chi connectivity index (χ4v) is 2.15. The van der Waals surface area contributed by atoms with Crippen molar-refractivity contribution in [1.29, 1.82) is 0 Å². The van der Waals surface area contributed by atoms with Gasteiger partial charge in [-0.1, -0.05) is 37.3 Å². The predicted molar refractivity (Wildman–Crippen MR) is 74.9 cm³/mol. The summed E-state index contributed by atoms with van der Waals surface area (Å²) < 4.78 is 5.00. The molecule has 19 heavy (non-hydrogen) atoms. The molecular formula is C16H19NO2. The first-order valence-corrected chi connectivity index (χ1v) is 6.65. The summed E-state index contributed by atoms with van der Waals surface area (Å²) in [6.07, 6.45) is 4.96. The van der Waals surface area contributed by atoms with E-state index in [0.29, 0.717) is 6.54 Å². The Labute approximate surface area is 113 Å². The lowest BCUT2D eigenvalue weighted by molar-refractivity contribution is -0.122. The van der Waals surface area contributed by atoms with Crippen molar-refractivity contribution in [3.05, 3.63) is 60.1 Å². The fourth-order valence-electron chi connectivity index (χ4n) is 2.15. The Balaban J connectivity index is 1.87. The topological polar surface area (TPSA) is 42.2 Å². The van der Waals surface area contributed by atoms with Crippen LogP contribution in [0.3, 0.4) is 0 Å². The van der Waals surface area contributed by atoms with Crippen LogP contribution in [0.15, 0.2) is 53.3 Å². The Kier molecular flexibility index (Phi) is 4.78. The maximum atomic E-state index is 12.2. The minimum absolute atomic E-state index is 0.0643. The second kappa shape index (κ2) is 6.78. The zero-order chi connectivity index (χ0) is 13.5. The molecule has 1 aromatic heterocycles. The number of amides is 1. The van der Waals surface area contributed by atoms with E-state index in [4.69, 9.17) is 4.42 Å². The second-order valence-electron chi connectivity index (χ2n) is 4.54. The average molecular weight is 257 g/mol. The predicted octanol–water partition coefficient (Wildman–Crippen LogP) is 3.13. The smallest absolute Gasteiger partial charge is 0.227 e. The van der Waals surface area contributed by atoms with Crippen molar-refractivity contribution in [3.63, 3.8) is 0 Å². The summed E-state index contributed by atoms with van der Waals surface area (Å²) >= 11 is 0. The van der Waals surface area contributed by atoms with Crippen LogP contribution in [0.4, 0.5) is 0 Å². The first-order valence-electron chi connectivity index (χ1n) is 6.65. The van der Waals surface area contributed by atoms with E-state index >= 15 is 0 Å². The first kappa shape index (κ1) is 13.4. The van der Waals surface area contributed by atoms with Gasteiger partial charge in [-0.15, -0.1) is 0 Å². The van der Waals surface area contributed by atoms with Crippen LogP contribution >= 0.6 is 0 Å². The average Bonchev–Trinajstić information content (AvgIpc) is 2.94. The molecule has 0 aliphatic carbocycles. The van der Waals surface area contributed by atoms with E-state index < -0.39 is 0 Å². The molecule has 1 atom stereocenters. The number of rotatable bonds is 6. The third-order valence-corrected chi connectivity index (χ3v) is 3.22. The van der Waals surface area contributed by atoms with Gasteiger partial charge in [-0.2, -0.15) is 0 Å². The number of benzene rings is 1. The van der Waals surface area contributed by atoms with Gasteiger partial charge in [0.1, 0.15) is 0 Å². The van der Waals surface area contributed by atoms with Crippen LogP contribution in [0, 0.1) is 0 Å². The molecule has 1 N–H and O–H groups in total. The lowest BCUT2D eigenvalue weighted by Crippen LogP contribution is -2.30. The van der Waals surface area contributed by atoms with E-state index in [2.05, 4.69) is 5.32 Å². The van der Waals surface area contributed by atoms with E-state index in [9.17, 15) is 4.79 Å². The van der Waals surface area contributed by atoms with Crippen molar-refractivity contribution >= 4 is 5.91 Å². The summed E-state index contributed by atoms with van der Waals surface area (Å²) in [4.78, 5) is 12.2. The molecular weight excluding hydrogens is 238 g/mol. The van der Waals surface area contributed by atoms with Crippen LogP contribution in [0.2, 0.25) is 0 Å². The molecule has 0 saturated heterocycles. The quantitative estimate of drug-likeness (QED) is 0.863. The van der Waals surface area contributed by atoms with Crippen LogP contribution in [0.5, 0.6) is 0 Å². The molecule has 0 spiro atoms. The lowest BCUT2D eigenvalue weighted by Gasteiger charge is -2.15. The maximum absolute atomic E-state index is 12.2. The molecule has 0 bridgehead atoms. The number of carbonyl (C=O) groups is 1. The maximum Gasteiger partial charge on any atom is 0.227 e. The van der Waals surface area contributed by atoms with E-state index in [1.165, 1.54) is 0 Å². The highest BCUT2D eigenvalue weighted by Crippen LogP contribution is 2.19. The number of nitrogens with one attached hydrogen (secondary N) is 1. The van der Waals surface area contributed by atoms with Gasteiger partial charge in [0.05, 0.1) is 18.4 Å². The Morgan fingerprint density at radius 1 is 1.26 bits per heavy atom. The monoisotopic (exact) mass is 257 g/mol. The third kappa shape index (κ3) is 3.71. The Morgan fingerprint density at radius 2 is 2.05 bits per heavy atom. The number of hydrogen-bond donors (Lipinski definition) is 1. The van der Waals surface area contributed by atoms with Crippen LogP contribution in [-0.2, 0) is 11.2 Å². The zero-order valence-corrected chi connectivity index (χ0v) is 11.1. The van der Waals surface area contributed by atoms with Crippen molar-refractivity contribution in [3.8, 4) is 0 Å².